The van der Waals surface area contributed by atoms with Crippen molar-refractivity contribution >= 4 is 16.8 Å². The van der Waals surface area contributed by atoms with E-state index in [2.05, 4.69) is 10.3 Å². The number of aliphatic hydroxyl groups is 1. The van der Waals surface area contributed by atoms with Gasteiger partial charge in [-0.25, -0.2) is 0 Å². The molecule has 2 N–H and O–H groups in total. The maximum Gasteiger partial charge on any atom is 0.252 e. The van der Waals surface area contributed by atoms with Crippen LogP contribution in [0.2, 0.25) is 0 Å². The summed E-state index contributed by atoms with van der Waals surface area (Å²) in [6.45, 7) is 3.94. The van der Waals surface area contributed by atoms with E-state index in [-0.39, 0.29) is 23.5 Å². The lowest BCUT2D eigenvalue weighted by atomic mass is 9.64. The average Bonchev–Trinajstić information content (AvgIpc) is 2.46. The van der Waals surface area contributed by atoms with Gasteiger partial charge in [-0.1, -0.05) is 26.0 Å². The second-order valence-corrected chi connectivity index (χ2v) is 5.97. The van der Waals surface area contributed by atoms with E-state index in [1.807, 2.05) is 38.1 Å². The third kappa shape index (κ3) is 1.96. The number of rotatable bonds is 2. The minimum atomic E-state index is -0.345. The maximum atomic E-state index is 12.4. The molecule has 2 unspecified atom stereocenters. The van der Waals surface area contributed by atoms with Gasteiger partial charge in [0.05, 0.1) is 11.6 Å². The molecule has 104 valence electrons. The minimum Gasteiger partial charge on any atom is -0.392 e. The summed E-state index contributed by atoms with van der Waals surface area (Å²) in [4.78, 5) is 16.7. The van der Waals surface area contributed by atoms with Gasteiger partial charge in [0.1, 0.15) is 0 Å². The number of aromatic nitrogens is 1. The fourth-order valence-corrected chi connectivity index (χ4v) is 2.68. The molecule has 0 aliphatic heterocycles. The van der Waals surface area contributed by atoms with E-state index in [4.69, 9.17) is 0 Å². The molecule has 4 nitrogen and oxygen atoms in total. The molecule has 2 atom stereocenters. The van der Waals surface area contributed by atoms with Gasteiger partial charge in [-0.2, -0.15) is 0 Å². The Morgan fingerprint density at radius 2 is 2.15 bits per heavy atom. The van der Waals surface area contributed by atoms with Crippen LogP contribution >= 0.6 is 0 Å². The summed E-state index contributed by atoms with van der Waals surface area (Å²) in [5.41, 5.74) is 1.18. The number of benzene rings is 1. The van der Waals surface area contributed by atoms with Gasteiger partial charge < -0.3 is 10.4 Å². The highest BCUT2D eigenvalue weighted by Gasteiger charge is 2.48. The van der Waals surface area contributed by atoms with E-state index in [0.29, 0.717) is 12.0 Å². The third-order valence-corrected chi connectivity index (χ3v) is 4.41. The summed E-state index contributed by atoms with van der Waals surface area (Å²) >= 11 is 0. The van der Waals surface area contributed by atoms with Crippen molar-refractivity contribution in [3.8, 4) is 0 Å². The van der Waals surface area contributed by atoms with E-state index in [1.165, 1.54) is 0 Å². The highest BCUT2D eigenvalue weighted by atomic mass is 16.3. The number of nitrogens with zero attached hydrogens (tertiary/aromatic N) is 1. The van der Waals surface area contributed by atoms with Crippen molar-refractivity contribution in [2.45, 2.75) is 32.4 Å². The largest absolute Gasteiger partial charge is 0.392 e. The topological polar surface area (TPSA) is 62.2 Å². The fraction of sp³-hybridized carbons (Fsp3) is 0.375. The third-order valence-electron chi connectivity index (χ3n) is 4.41. The highest BCUT2D eigenvalue weighted by Crippen LogP contribution is 2.40. The first kappa shape index (κ1) is 13.1. The van der Waals surface area contributed by atoms with Crippen molar-refractivity contribution in [3.05, 3.63) is 42.1 Å². The predicted octanol–water partition coefficient (Wildman–Crippen LogP) is 2.12. The molecule has 0 radical (unpaired) electrons. The zero-order chi connectivity index (χ0) is 14.3. The van der Waals surface area contributed by atoms with Crippen LogP contribution < -0.4 is 5.32 Å². The Kier molecular flexibility index (Phi) is 2.98. The van der Waals surface area contributed by atoms with Crippen molar-refractivity contribution in [1.82, 2.24) is 10.3 Å². The Morgan fingerprint density at radius 3 is 2.85 bits per heavy atom. The van der Waals surface area contributed by atoms with Crippen LogP contribution in [-0.2, 0) is 0 Å². The molecule has 1 aromatic carbocycles. The van der Waals surface area contributed by atoms with Gasteiger partial charge in [0.25, 0.3) is 5.91 Å². The molecule has 0 saturated heterocycles. The molecular formula is C16H18N2O2. The van der Waals surface area contributed by atoms with Crippen molar-refractivity contribution < 1.29 is 9.90 Å². The van der Waals surface area contributed by atoms with Crippen molar-refractivity contribution in [2.75, 3.05) is 0 Å². The van der Waals surface area contributed by atoms with Crippen molar-refractivity contribution in [2.24, 2.45) is 5.41 Å². The van der Waals surface area contributed by atoms with Gasteiger partial charge in [0, 0.05) is 28.6 Å². The Balaban J connectivity index is 1.87. The molecule has 1 heterocycles. The van der Waals surface area contributed by atoms with Crippen LogP contribution in [0.5, 0.6) is 0 Å². The molecular weight excluding hydrogens is 252 g/mol. The first-order valence-electron chi connectivity index (χ1n) is 6.83. The second-order valence-electron chi connectivity index (χ2n) is 5.97. The Labute approximate surface area is 117 Å². The van der Waals surface area contributed by atoms with Crippen LogP contribution in [0.15, 0.2) is 36.5 Å². The monoisotopic (exact) mass is 270 g/mol. The molecule has 0 spiro atoms. The lowest BCUT2D eigenvalue weighted by Crippen LogP contribution is -2.61. The number of carbonyl (C=O) groups excluding carboxylic acids is 1. The SMILES string of the molecule is CC1(C)C(O)CC1NC(=O)c1cccc2ncccc12. The molecule has 1 fully saturated rings. The molecule has 0 bridgehead atoms. The number of amides is 1. The molecule has 2 aromatic rings. The Bertz CT molecular complexity index is 661. The average molecular weight is 270 g/mol. The molecule has 1 amide bonds. The summed E-state index contributed by atoms with van der Waals surface area (Å²) < 4.78 is 0. The molecule has 1 aromatic heterocycles. The summed E-state index contributed by atoms with van der Waals surface area (Å²) in [5, 5.41) is 13.6. The number of fused-ring (bicyclic) bond motifs is 1. The molecule has 20 heavy (non-hydrogen) atoms. The fourth-order valence-electron chi connectivity index (χ4n) is 2.68. The van der Waals surface area contributed by atoms with Gasteiger partial charge in [-0.15, -0.1) is 0 Å². The van der Waals surface area contributed by atoms with E-state index in [9.17, 15) is 9.90 Å². The predicted molar refractivity (Wildman–Crippen MR) is 77.4 cm³/mol. The molecule has 4 heteroatoms. The van der Waals surface area contributed by atoms with E-state index >= 15 is 0 Å². The summed E-state index contributed by atoms with van der Waals surface area (Å²) in [6.07, 6.45) is 1.99. The van der Waals surface area contributed by atoms with Crippen molar-refractivity contribution in [1.29, 1.82) is 0 Å². The van der Waals surface area contributed by atoms with Crippen LogP contribution in [0, 0.1) is 5.41 Å². The highest BCUT2D eigenvalue weighted by molar-refractivity contribution is 6.06. The zero-order valence-electron chi connectivity index (χ0n) is 11.6. The number of nitrogens with one attached hydrogen (secondary N) is 1. The first-order chi connectivity index (χ1) is 9.50. The normalized spacial score (nSPS) is 24.1. The minimum absolute atomic E-state index is 0.0110. The zero-order valence-corrected chi connectivity index (χ0v) is 11.6. The van der Waals surface area contributed by atoms with Gasteiger partial charge in [-0.3, -0.25) is 9.78 Å². The molecule has 3 rings (SSSR count). The number of hydrogen-bond donors (Lipinski definition) is 2. The number of pyridine rings is 1. The van der Waals surface area contributed by atoms with Gasteiger partial charge in [-0.05, 0) is 24.6 Å². The van der Waals surface area contributed by atoms with Crippen LogP contribution in [-0.4, -0.2) is 28.1 Å². The first-order valence-corrected chi connectivity index (χ1v) is 6.83. The van der Waals surface area contributed by atoms with E-state index < -0.39 is 0 Å². The van der Waals surface area contributed by atoms with Crippen molar-refractivity contribution in [3.63, 3.8) is 0 Å². The Hall–Kier alpha value is -1.94. The van der Waals surface area contributed by atoms with E-state index in [1.54, 1.807) is 12.3 Å². The van der Waals surface area contributed by atoms with Crippen LogP contribution in [0.1, 0.15) is 30.6 Å². The van der Waals surface area contributed by atoms with Crippen LogP contribution in [0.4, 0.5) is 0 Å². The lowest BCUT2D eigenvalue weighted by Gasteiger charge is -2.49. The molecule has 1 aliphatic rings. The second kappa shape index (κ2) is 4.56. The lowest BCUT2D eigenvalue weighted by molar-refractivity contribution is -0.0689. The smallest absolute Gasteiger partial charge is 0.252 e. The van der Waals surface area contributed by atoms with E-state index in [0.717, 1.165) is 10.9 Å². The molecule has 1 aliphatic carbocycles. The summed E-state index contributed by atoms with van der Waals surface area (Å²) in [5.74, 6) is -0.103. The van der Waals surface area contributed by atoms with Crippen LogP contribution in [0.25, 0.3) is 10.9 Å². The van der Waals surface area contributed by atoms with Gasteiger partial charge in [0.15, 0.2) is 0 Å². The van der Waals surface area contributed by atoms with Crippen LogP contribution in [0.3, 0.4) is 0 Å². The molecule has 1 saturated carbocycles. The summed E-state index contributed by atoms with van der Waals surface area (Å²) in [7, 11) is 0. The maximum absolute atomic E-state index is 12.4. The summed E-state index contributed by atoms with van der Waals surface area (Å²) in [6, 6.07) is 9.28. The standard InChI is InChI=1S/C16H18N2O2/c1-16(2)13(9-14(16)19)18-15(20)11-5-3-7-12-10(11)6-4-8-17-12/h3-8,13-14,19H,9H2,1-2H3,(H,18,20). The quantitative estimate of drug-likeness (QED) is 0.878. The Morgan fingerprint density at radius 1 is 1.35 bits per heavy atom. The van der Waals surface area contributed by atoms with Gasteiger partial charge in [0.2, 0.25) is 0 Å². The number of hydrogen-bond acceptors (Lipinski definition) is 3. The van der Waals surface area contributed by atoms with Gasteiger partial charge >= 0.3 is 0 Å². The number of carbonyl (C=O) groups is 1. The number of aliphatic hydroxyl groups excluding tert-OH is 1.